The van der Waals surface area contributed by atoms with E-state index in [1.807, 2.05) is 12.4 Å². The molecule has 0 aliphatic heterocycles. The monoisotopic (exact) mass is 351 g/mol. The van der Waals surface area contributed by atoms with Crippen molar-refractivity contribution in [3.8, 4) is 11.3 Å². The minimum atomic E-state index is -0.386. The number of nitrogens with zero attached hydrogens (tertiary/aromatic N) is 2. The standard InChI is InChI=1S/C20H18FN3O2/c21-16-4-2-1-3-15(16)17-7-8-18(26-17)20(25)22-10-9-13-11-23-19(24-12-13)14-5-6-14/h1-4,7-8,11-12,14H,5-6,9-10H2,(H,22,25). The third-order valence-corrected chi connectivity index (χ3v) is 4.34. The molecule has 3 aromatic rings. The van der Waals surface area contributed by atoms with E-state index in [1.165, 1.54) is 18.9 Å². The van der Waals surface area contributed by atoms with Gasteiger partial charge in [-0.05, 0) is 49.1 Å². The molecule has 0 atom stereocenters. The third kappa shape index (κ3) is 3.64. The van der Waals surface area contributed by atoms with Crippen molar-refractivity contribution in [3.63, 3.8) is 0 Å². The van der Waals surface area contributed by atoms with Crippen LogP contribution in [-0.2, 0) is 6.42 Å². The quantitative estimate of drug-likeness (QED) is 0.735. The molecule has 1 N–H and O–H groups in total. The molecule has 1 aliphatic carbocycles. The van der Waals surface area contributed by atoms with Crippen molar-refractivity contribution >= 4 is 5.91 Å². The highest BCUT2D eigenvalue weighted by atomic mass is 19.1. The lowest BCUT2D eigenvalue weighted by Crippen LogP contribution is -2.25. The number of nitrogens with one attached hydrogen (secondary N) is 1. The molecule has 2 aromatic heterocycles. The number of halogens is 1. The summed E-state index contributed by atoms with van der Waals surface area (Å²) in [6.07, 6.45) is 6.62. The molecule has 2 heterocycles. The number of amides is 1. The second-order valence-electron chi connectivity index (χ2n) is 6.37. The van der Waals surface area contributed by atoms with E-state index >= 15 is 0 Å². The Morgan fingerprint density at radius 3 is 2.65 bits per heavy atom. The van der Waals surface area contributed by atoms with E-state index in [0.717, 1.165) is 11.4 Å². The van der Waals surface area contributed by atoms with Crippen molar-refractivity contribution in [2.45, 2.75) is 25.2 Å². The van der Waals surface area contributed by atoms with Crippen LogP contribution in [0.2, 0.25) is 0 Å². The molecule has 1 aromatic carbocycles. The van der Waals surface area contributed by atoms with Crippen molar-refractivity contribution in [2.75, 3.05) is 6.54 Å². The normalized spacial score (nSPS) is 13.6. The predicted octanol–water partition coefficient (Wildman–Crippen LogP) is 3.73. The van der Waals surface area contributed by atoms with E-state index in [9.17, 15) is 9.18 Å². The molecule has 4 rings (SSSR count). The predicted molar refractivity (Wildman–Crippen MR) is 94.1 cm³/mol. The summed E-state index contributed by atoms with van der Waals surface area (Å²) in [5.74, 6) is 1.22. The zero-order valence-electron chi connectivity index (χ0n) is 14.1. The Labute approximate surface area is 150 Å². The van der Waals surface area contributed by atoms with Crippen LogP contribution in [0.1, 0.15) is 40.7 Å². The zero-order chi connectivity index (χ0) is 17.9. The Kier molecular flexibility index (Phi) is 4.48. The number of aromatic nitrogens is 2. The van der Waals surface area contributed by atoms with Gasteiger partial charge < -0.3 is 9.73 Å². The van der Waals surface area contributed by atoms with Gasteiger partial charge in [-0.2, -0.15) is 0 Å². The first-order valence-corrected chi connectivity index (χ1v) is 8.64. The van der Waals surface area contributed by atoms with Gasteiger partial charge in [-0.1, -0.05) is 12.1 Å². The smallest absolute Gasteiger partial charge is 0.287 e. The lowest BCUT2D eigenvalue weighted by Gasteiger charge is -2.04. The molecule has 1 amide bonds. The van der Waals surface area contributed by atoms with Gasteiger partial charge in [0.1, 0.15) is 17.4 Å². The second-order valence-corrected chi connectivity index (χ2v) is 6.37. The highest BCUT2D eigenvalue weighted by Gasteiger charge is 2.26. The van der Waals surface area contributed by atoms with Gasteiger partial charge in [0.05, 0.1) is 5.56 Å². The van der Waals surface area contributed by atoms with Gasteiger partial charge >= 0.3 is 0 Å². The zero-order valence-corrected chi connectivity index (χ0v) is 14.1. The summed E-state index contributed by atoms with van der Waals surface area (Å²) < 4.78 is 19.3. The molecule has 0 radical (unpaired) electrons. The topological polar surface area (TPSA) is 68.0 Å². The lowest BCUT2D eigenvalue weighted by molar-refractivity contribution is 0.0927. The minimum Gasteiger partial charge on any atom is -0.451 e. The summed E-state index contributed by atoms with van der Waals surface area (Å²) in [4.78, 5) is 20.9. The molecule has 1 aliphatic rings. The molecule has 0 saturated heterocycles. The van der Waals surface area contributed by atoms with E-state index in [2.05, 4.69) is 15.3 Å². The summed E-state index contributed by atoms with van der Waals surface area (Å²) in [5.41, 5.74) is 1.31. The van der Waals surface area contributed by atoms with E-state index in [-0.39, 0.29) is 17.5 Å². The molecule has 6 heteroatoms. The average Bonchev–Trinajstić information content (AvgIpc) is 3.39. The van der Waals surface area contributed by atoms with Crippen LogP contribution in [0.15, 0.2) is 53.2 Å². The number of benzene rings is 1. The average molecular weight is 351 g/mol. The molecular weight excluding hydrogens is 333 g/mol. The van der Waals surface area contributed by atoms with Gasteiger partial charge in [-0.25, -0.2) is 14.4 Å². The Morgan fingerprint density at radius 1 is 1.15 bits per heavy atom. The molecule has 132 valence electrons. The Hall–Kier alpha value is -3.02. The highest BCUT2D eigenvalue weighted by molar-refractivity contribution is 5.92. The van der Waals surface area contributed by atoms with E-state index in [1.54, 1.807) is 30.3 Å². The maximum Gasteiger partial charge on any atom is 0.287 e. The van der Waals surface area contributed by atoms with Gasteiger partial charge in [-0.15, -0.1) is 0 Å². The number of hydrogen-bond acceptors (Lipinski definition) is 4. The molecular formula is C20H18FN3O2. The van der Waals surface area contributed by atoms with Gasteiger partial charge in [-0.3, -0.25) is 4.79 Å². The van der Waals surface area contributed by atoms with Crippen LogP contribution in [0.5, 0.6) is 0 Å². The van der Waals surface area contributed by atoms with Crippen molar-refractivity contribution in [1.29, 1.82) is 0 Å². The maximum atomic E-state index is 13.8. The molecule has 1 fully saturated rings. The molecule has 0 unspecified atom stereocenters. The van der Waals surface area contributed by atoms with E-state index in [4.69, 9.17) is 4.42 Å². The van der Waals surface area contributed by atoms with E-state index in [0.29, 0.717) is 30.2 Å². The minimum absolute atomic E-state index is 0.156. The van der Waals surface area contributed by atoms with Crippen LogP contribution in [0.3, 0.4) is 0 Å². The summed E-state index contributed by atoms with van der Waals surface area (Å²) >= 11 is 0. The Balaban J connectivity index is 1.33. The van der Waals surface area contributed by atoms with Crippen molar-refractivity contribution in [3.05, 3.63) is 71.8 Å². The van der Waals surface area contributed by atoms with Crippen LogP contribution in [-0.4, -0.2) is 22.4 Å². The fourth-order valence-corrected chi connectivity index (χ4v) is 2.72. The number of carbonyl (C=O) groups excluding carboxylic acids is 1. The van der Waals surface area contributed by atoms with Crippen molar-refractivity contribution in [2.24, 2.45) is 0 Å². The largest absolute Gasteiger partial charge is 0.451 e. The van der Waals surface area contributed by atoms with Crippen LogP contribution < -0.4 is 5.32 Å². The molecule has 5 nitrogen and oxygen atoms in total. The summed E-state index contributed by atoms with van der Waals surface area (Å²) in [6, 6.07) is 9.44. The van der Waals surface area contributed by atoms with Gasteiger partial charge in [0.15, 0.2) is 5.76 Å². The molecule has 0 spiro atoms. The molecule has 0 bridgehead atoms. The first-order chi connectivity index (χ1) is 12.7. The van der Waals surface area contributed by atoms with Gasteiger partial charge in [0, 0.05) is 24.9 Å². The van der Waals surface area contributed by atoms with Gasteiger partial charge in [0.2, 0.25) is 0 Å². The lowest BCUT2D eigenvalue weighted by atomic mass is 10.1. The second kappa shape index (κ2) is 7.07. The van der Waals surface area contributed by atoms with Crippen LogP contribution in [0.4, 0.5) is 4.39 Å². The fraction of sp³-hybridized carbons (Fsp3) is 0.250. The van der Waals surface area contributed by atoms with Crippen molar-refractivity contribution < 1.29 is 13.6 Å². The summed E-state index contributed by atoms with van der Waals surface area (Å²) in [5, 5.41) is 2.79. The molecule has 26 heavy (non-hydrogen) atoms. The number of carbonyl (C=O) groups is 1. The van der Waals surface area contributed by atoms with Gasteiger partial charge in [0.25, 0.3) is 5.91 Å². The number of rotatable bonds is 6. The first-order valence-electron chi connectivity index (χ1n) is 8.64. The van der Waals surface area contributed by atoms with E-state index < -0.39 is 0 Å². The summed E-state index contributed by atoms with van der Waals surface area (Å²) in [7, 11) is 0. The van der Waals surface area contributed by atoms with Crippen LogP contribution in [0.25, 0.3) is 11.3 Å². The van der Waals surface area contributed by atoms with Crippen molar-refractivity contribution in [1.82, 2.24) is 15.3 Å². The summed E-state index contributed by atoms with van der Waals surface area (Å²) in [6.45, 7) is 0.445. The number of hydrogen-bond donors (Lipinski definition) is 1. The highest BCUT2D eigenvalue weighted by Crippen LogP contribution is 2.37. The third-order valence-electron chi connectivity index (χ3n) is 4.34. The van der Waals surface area contributed by atoms with Crippen LogP contribution >= 0.6 is 0 Å². The fourth-order valence-electron chi connectivity index (χ4n) is 2.72. The maximum absolute atomic E-state index is 13.8. The Morgan fingerprint density at radius 2 is 1.92 bits per heavy atom. The number of furan rings is 1. The first kappa shape index (κ1) is 16.4. The molecule has 1 saturated carbocycles. The van der Waals surface area contributed by atoms with Crippen LogP contribution in [0, 0.1) is 5.82 Å². The SMILES string of the molecule is O=C(NCCc1cnc(C2CC2)nc1)c1ccc(-c2ccccc2F)o1. The Bertz CT molecular complexity index is 917.